The van der Waals surface area contributed by atoms with Crippen LogP contribution in [-0.2, 0) is 6.42 Å². The number of ether oxygens (including phenoxy) is 2. The van der Waals surface area contributed by atoms with Gasteiger partial charge in [0.25, 0.3) is 0 Å². The van der Waals surface area contributed by atoms with Crippen LogP contribution in [0, 0.1) is 0 Å². The van der Waals surface area contributed by atoms with Crippen LogP contribution in [0.5, 0.6) is 11.5 Å². The van der Waals surface area contributed by atoms with Crippen molar-refractivity contribution in [2.45, 2.75) is 46.3 Å². The minimum absolute atomic E-state index is 0.111. The highest BCUT2D eigenvalue weighted by Gasteiger charge is 2.14. The lowest BCUT2D eigenvalue weighted by atomic mass is 10.1. The van der Waals surface area contributed by atoms with Crippen LogP contribution in [0.3, 0.4) is 0 Å². The van der Waals surface area contributed by atoms with E-state index in [1.807, 2.05) is 39.8 Å². The van der Waals surface area contributed by atoms with Gasteiger partial charge in [0.05, 0.1) is 17.2 Å². The van der Waals surface area contributed by atoms with Gasteiger partial charge in [-0.3, -0.25) is 0 Å². The summed E-state index contributed by atoms with van der Waals surface area (Å²) in [5, 5.41) is 0. The van der Waals surface area contributed by atoms with Crippen molar-refractivity contribution in [2.75, 3.05) is 6.61 Å². The molecule has 1 aromatic carbocycles. The molecule has 1 rings (SSSR count). The Kier molecular flexibility index (Phi) is 5.96. The van der Waals surface area contributed by atoms with Gasteiger partial charge >= 0.3 is 0 Å². The molecule has 2 N–H and O–H groups in total. The highest BCUT2D eigenvalue weighted by atomic mass is 79.9. The summed E-state index contributed by atoms with van der Waals surface area (Å²) in [6, 6.07) is 4.18. The zero-order valence-corrected chi connectivity index (χ0v) is 13.1. The van der Waals surface area contributed by atoms with Gasteiger partial charge < -0.3 is 15.2 Å². The predicted molar refractivity (Wildman–Crippen MR) is 78.4 cm³/mol. The Balaban J connectivity index is 3.09. The Morgan fingerprint density at radius 2 is 1.94 bits per heavy atom. The smallest absolute Gasteiger partial charge is 0.175 e. The van der Waals surface area contributed by atoms with Gasteiger partial charge in [-0.1, -0.05) is 0 Å². The highest BCUT2D eigenvalue weighted by molar-refractivity contribution is 9.10. The van der Waals surface area contributed by atoms with E-state index < -0.39 is 0 Å². The van der Waals surface area contributed by atoms with Crippen LogP contribution in [0.4, 0.5) is 0 Å². The van der Waals surface area contributed by atoms with Crippen LogP contribution < -0.4 is 15.2 Å². The SMILES string of the molecule is CCOc1cc(CC(C)N)cc(Br)c1OC(C)C. The molecule has 0 aromatic heterocycles. The Morgan fingerprint density at radius 3 is 2.44 bits per heavy atom. The Bertz CT molecular complexity index is 392. The van der Waals surface area contributed by atoms with E-state index in [0.717, 1.165) is 28.0 Å². The Labute approximate surface area is 118 Å². The molecule has 0 amide bonds. The van der Waals surface area contributed by atoms with Crippen molar-refractivity contribution in [2.24, 2.45) is 5.73 Å². The first kappa shape index (κ1) is 15.3. The maximum absolute atomic E-state index is 5.83. The molecule has 0 saturated carbocycles. The third-order valence-electron chi connectivity index (χ3n) is 2.28. The summed E-state index contributed by atoms with van der Waals surface area (Å²) in [6.07, 6.45) is 0.931. The van der Waals surface area contributed by atoms with Crippen LogP contribution >= 0.6 is 15.9 Å². The van der Waals surface area contributed by atoms with E-state index in [1.54, 1.807) is 0 Å². The third kappa shape index (κ3) is 4.50. The summed E-state index contributed by atoms with van der Waals surface area (Å²) in [4.78, 5) is 0. The lowest BCUT2D eigenvalue weighted by Crippen LogP contribution is -2.18. The fraction of sp³-hybridized carbons (Fsp3) is 0.571. The summed E-state index contributed by atoms with van der Waals surface area (Å²) >= 11 is 3.54. The molecule has 0 saturated heterocycles. The molecule has 3 nitrogen and oxygen atoms in total. The fourth-order valence-electron chi connectivity index (χ4n) is 1.72. The van der Waals surface area contributed by atoms with Gasteiger partial charge in [0.2, 0.25) is 0 Å². The van der Waals surface area contributed by atoms with Crippen molar-refractivity contribution >= 4 is 15.9 Å². The maximum atomic E-state index is 5.83. The predicted octanol–water partition coefficient (Wildman–Crippen LogP) is 3.52. The molecular formula is C14H22BrNO2. The van der Waals surface area contributed by atoms with Gasteiger partial charge in [0.15, 0.2) is 11.5 Å². The zero-order valence-electron chi connectivity index (χ0n) is 11.5. The van der Waals surface area contributed by atoms with Crippen molar-refractivity contribution in [3.05, 3.63) is 22.2 Å². The standard InChI is InChI=1S/C14H22BrNO2/c1-5-17-13-8-11(6-10(4)16)7-12(15)14(13)18-9(2)3/h7-10H,5-6,16H2,1-4H3. The lowest BCUT2D eigenvalue weighted by Gasteiger charge is -2.18. The first-order valence-electron chi connectivity index (χ1n) is 6.31. The van der Waals surface area contributed by atoms with E-state index in [2.05, 4.69) is 15.9 Å². The molecule has 0 heterocycles. The van der Waals surface area contributed by atoms with Crippen LogP contribution in [-0.4, -0.2) is 18.8 Å². The summed E-state index contributed by atoms with van der Waals surface area (Å²) in [5.74, 6) is 1.54. The summed E-state index contributed by atoms with van der Waals surface area (Å²) < 4.78 is 12.3. The molecule has 0 aliphatic heterocycles. The molecule has 4 heteroatoms. The molecule has 0 bridgehead atoms. The van der Waals surface area contributed by atoms with E-state index in [4.69, 9.17) is 15.2 Å². The molecule has 0 aliphatic carbocycles. The van der Waals surface area contributed by atoms with Gasteiger partial charge in [-0.2, -0.15) is 0 Å². The minimum Gasteiger partial charge on any atom is -0.490 e. The average Bonchev–Trinajstić information content (AvgIpc) is 2.22. The number of hydrogen-bond acceptors (Lipinski definition) is 3. The first-order valence-corrected chi connectivity index (χ1v) is 7.10. The minimum atomic E-state index is 0.111. The van der Waals surface area contributed by atoms with Crippen molar-refractivity contribution in [3.63, 3.8) is 0 Å². The third-order valence-corrected chi connectivity index (χ3v) is 2.87. The second-order valence-electron chi connectivity index (χ2n) is 4.69. The number of hydrogen-bond donors (Lipinski definition) is 1. The molecule has 1 atom stereocenters. The van der Waals surface area contributed by atoms with Crippen LogP contribution in [0.15, 0.2) is 16.6 Å². The number of benzene rings is 1. The molecule has 0 aliphatic rings. The Morgan fingerprint density at radius 1 is 1.28 bits per heavy atom. The van der Waals surface area contributed by atoms with Gasteiger partial charge in [-0.05, 0) is 67.7 Å². The summed E-state index contributed by atoms with van der Waals surface area (Å²) in [7, 11) is 0. The molecule has 102 valence electrons. The molecule has 0 radical (unpaired) electrons. The quantitative estimate of drug-likeness (QED) is 0.873. The van der Waals surface area contributed by atoms with Crippen molar-refractivity contribution in [1.82, 2.24) is 0 Å². The highest BCUT2D eigenvalue weighted by Crippen LogP contribution is 2.37. The number of nitrogens with two attached hydrogens (primary N) is 1. The average molecular weight is 316 g/mol. The van der Waals surface area contributed by atoms with Crippen molar-refractivity contribution in [1.29, 1.82) is 0 Å². The van der Waals surface area contributed by atoms with E-state index in [9.17, 15) is 0 Å². The van der Waals surface area contributed by atoms with E-state index in [1.165, 1.54) is 0 Å². The second-order valence-corrected chi connectivity index (χ2v) is 5.54. The first-order chi connectivity index (χ1) is 8.43. The molecule has 0 spiro atoms. The molecule has 1 aromatic rings. The monoisotopic (exact) mass is 315 g/mol. The van der Waals surface area contributed by atoms with E-state index in [0.29, 0.717) is 6.61 Å². The van der Waals surface area contributed by atoms with Gasteiger partial charge in [0.1, 0.15) is 0 Å². The molecule has 0 fully saturated rings. The van der Waals surface area contributed by atoms with Crippen LogP contribution in [0.1, 0.15) is 33.3 Å². The second kappa shape index (κ2) is 7.00. The zero-order chi connectivity index (χ0) is 13.7. The molecular weight excluding hydrogens is 294 g/mol. The Hall–Kier alpha value is -0.740. The van der Waals surface area contributed by atoms with Crippen LogP contribution in [0.2, 0.25) is 0 Å². The summed E-state index contributed by atoms with van der Waals surface area (Å²) in [6.45, 7) is 8.57. The van der Waals surface area contributed by atoms with Gasteiger partial charge in [-0.15, -0.1) is 0 Å². The van der Waals surface area contributed by atoms with Crippen molar-refractivity contribution in [3.8, 4) is 11.5 Å². The largest absolute Gasteiger partial charge is 0.490 e. The van der Waals surface area contributed by atoms with Crippen molar-refractivity contribution < 1.29 is 9.47 Å². The fourth-order valence-corrected chi connectivity index (χ4v) is 2.31. The summed E-state index contributed by atoms with van der Waals surface area (Å²) in [5.41, 5.74) is 6.98. The molecule has 18 heavy (non-hydrogen) atoms. The molecule has 1 unspecified atom stereocenters. The lowest BCUT2D eigenvalue weighted by molar-refractivity contribution is 0.222. The van der Waals surface area contributed by atoms with E-state index in [-0.39, 0.29) is 12.1 Å². The number of halogens is 1. The maximum Gasteiger partial charge on any atom is 0.175 e. The van der Waals surface area contributed by atoms with Gasteiger partial charge in [0, 0.05) is 6.04 Å². The normalized spacial score (nSPS) is 12.6. The van der Waals surface area contributed by atoms with Gasteiger partial charge in [-0.25, -0.2) is 0 Å². The number of rotatable bonds is 6. The van der Waals surface area contributed by atoms with E-state index >= 15 is 0 Å². The van der Waals surface area contributed by atoms with Crippen LogP contribution in [0.25, 0.3) is 0 Å². The topological polar surface area (TPSA) is 44.5 Å².